The molecule has 0 saturated carbocycles. The highest BCUT2D eigenvalue weighted by Gasteiger charge is 2.15. The first-order valence-electron chi connectivity index (χ1n) is 6.59. The summed E-state index contributed by atoms with van der Waals surface area (Å²) in [6, 6.07) is 6.05. The van der Waals surface area contributed by atoms with Gasteiger partial charge in [0.1, 0.15) is 5.75 Å². The van der Waals surface area contributed by atoms with Gasteiger partial charge in [-0.15, -0.1) is 11.3 Å². The molecule has 0 unspecified atom stereocenters. The van der Waals surface area contributed by atoms with Crippen LogP contribution in [0.2, 0.25) is 0 Å². The Balaban J connectivity index is 2.03. The molecule has 0 amide bonds. The maximum absolute atomic E-state index is 6.04. The smallest absolute Gasteiger partial charge is 0.242 e. The van der Waals surface area contributed by atoms with E-state index in [9.17, 15) is 0 Å². The van der Waals surface area contributed by atoms with Gasteiger partial charge in [-0.25, -0.2) is 0 Å². The lowest BCUT2D eigenvalue weighted by atomic mass is 10.1. The first kappa shape index (κ1) is 13.1. The van der Waals surface area contributed by atoms with Crippen LogP contribution in [0.1, 0.15) is 16.8 Å². The van der Waals surface area contributed by atoms with E-state index >= 15 is 0 Å². The van der Waals surface area contributed by atoms with Crippen molar-refractivity contribution in [2.24, 2.45) is 5.73 Å². The molecule has 0 aliphatic heterocycles. The molecule has 3 aromatic rings. The van der Waals surface area contributed by atoms with Crippen LogP contribution < -0.4 is 10.5 Å². The van der Waals surface area contributed by atoms with Crippen LogP contribution >= 0.6 is 11.3 Å². The average Bonchev–Trinajstić information content (AvgIpc) is 2.99. The van der Waals surface area contributed by atoms with Crippen LogP contribution in [0.3, 0.4) is 0 Å². The van der Waals surface area contributed by atoms with E-state index in [0.717, 1.165) is 28.4 Å². The molecule has 0 bridgehead atoms. The monoisotopic (exact) mass is 287 g/mol. The second-order valence-corrected chi connectivity index (χ2v) is 5.63. The van der Waals surface area contributed by atoms with Gasteiger partial charge in [-0.2, -0.15) is 4.98 Å². The van der Waals surface area contributed by atoms with E-state index in [-0.39, 0.29) is 0 Å². The number of ether oxygens (including phenoxy) is 1. The highest BCUT2D eigenvalue weighted by molar-refractivity contribution is 7.15. The Hall–Kier alpha value is -1.85. The predicted molar refractivity (Wildman–Crippen MR) is 81.8 cm³/mol. The topological polar surface area (TPSA) is 52.5 Å². The maximum atomic E-state index is 6.04. The molecule has 0 saturated heterocycles. The van der Waals surface area contributed by atoms with Crippen LogP contribution in [0.4, 0.5) is 0 Å². The Labute approximate surface area is 121 Å². The summed E-state index contributed by atoms with van der Waals surface area (Å²) < 4.78 is 8.09. The standard InChI is InChI=1S/C15H17N3OS/c1-10-4-3-5-13(11(10)2)19-14-12(6-7-16)18-8-9-20-15(18)17-14/h3-5,8-9H,6-7,16H2,1-2H3. The fourth-order valence-electron chi connectivity index (χ4n) is 2.20. The number of thiazole rings is 1. The van der Waals surface area contributed by atoms with E-state index in [1.165, 1.54) is 5.56 Å². The normalized spacial score (nSPS) is 11.2. The highest BCUT2D eigenvalue weighted by atomic mass is 32.1. The van der Waals surface area contributed by atoms with Gasteiger partial charge in [-0.1, -0.05) is 12.1 Å². The van der Waals surface area contributed by atoms with Gasteiger partial charge in [-0.3, -0.25) is 4.40 Å². The first-order chi connectivity index (χ1) is 9.70. The van der Waals surface area contributed by atoms with Gasteiger partial charge in [-0.05, 0) is 37.6 Å². The van der Waals surface area contributed by atoms with Gasteiger partial charge in [0.25, 0.3) is 0 Å². The van der Waals surface area contributed by atoms with Gasteiger partial charge in [0.05, 0.1) is 5.69 Å². The summed E-state index contributed by atoms with van der Waals surface area (Å²) >= 11 is 1.60. The molecular weight excluding hydrogens is 270 g/mol. The molecule has 5 heteroatoms. The summed E-state index contributed by atoms with van der Waals surface area (Å²) in [5.74, 6) is 1.52. The zero-order valence-corrected chi connectivity index (χ0v) is 12.4. The van der Waals surface area contributed by atoms with Crippen molar-refractivity contribution < 1.29 is 4.74 Å². The SMILES string of the molecule is Cc1cccc(Oc2nc3sccn3c2CCN)c1C. The molecule has 1 aromatic carbocycles. The predicted octanol–water partition coefficient (Wildman–Crippen LogP) is 3.31. The summed E-state index contributed by atoms with van der Waals surface area (Å²) in [7, 11) is 0. The van der Waals surface area contributed by atoms with Crippen molar-refractivity contribution in [3.05, 3.63) is 46.6 Å². The lowest BCUT2D eigenvalue weighted by Crippen LogP contribution is -2.06. The Morgan fingerprint density at radius 3 is 3.00 bits per heavy atom. The van der Waals surface area contributed by atoms with Crippen LogP contribution in [0.5, 0.6) is 11.6 Å². The Bertz CT molecular complexity index is 745. The number of benzene rings is 1. The number of hydrogen-bond donors (Lipinski definition) is 1. The lowest BCUT2D eigenvalue weighted by Gasteiger charge is -2.09. The molecule has 0 spiro atoms. The third-order valence-corrected chi connectivity index (χ3v) is 4.22. The average molecular weight is 287 g/mol. The number of nitrogens with two attached hydrogens (primary N) is 1. The van der Waals surface area contributed by atoms with Crippen LogP contribution in [0.15, 0.2) is 29.8 Å². The van der Waals surface area contributed by atoms with Crippen molar-refractivity contribution in [3.63, 3.8) is 0 Å². The number of hydrogen-bond acceptors (Lipinski definition) is 4. The summed E-state index contributed by atoms with van der Waals surface area (Å²) in [5, 5.41) is 2.02. The molecule has 4 nitrogen and oxygen atoms in total. The summed E-state index contributed by atoms with van der Waals surface area (Å²) in [5.41, 5.74) is 9.09. The van der Waals surface area contributed by atoms with E-state index in [0.29, 0.717) is 12.4 Å². The Kier molecular flexibility index (Phi) is 3.46. The minimum absolute atomic E-state index is 0.576. The number of fused-ring (bicyclic) bond motifs is 1. The fraction of sp³-hybridized carbons (Fsp3) is 0.267. The van der Waals surface area contributed by atoms with Crippen molar-refractivity contribution in [1.82, 2.24) is 9.38 Å². The van der Waals surface area contributed by atoms with E-state index < -0.39 is 0 Å². The maximum Gasteiger partial charge on any atom is 0.242 e. The first-order valence-corrected chi connectivity index (χ1v) is 7.47. The number of imidazole rings is 1. The fourth-order valence-corrected chi connectivity index (χ4v) is 2.92. The molecule has 3 rings (SSSR count). The van der Waals surface area contributed by atoms with E-state index in [2.05, 4.69) is 29.3 Å². The van der Waals surface area contributed by atoms with Crippen molar-refractivity contribution in [2.75, 3.05) is 6.54 Å². The number of aromatic nitrogens is 2. The summed E-state index contributed by atoms with van der Waals surface area (Å²) in [6.07, 6.45) is 2.76. The Morgan fingerprint density at radius 2 is 2.20 bits per heavy atom. The number of aryl methyl sites for hydroxylation is 1. The molecule has 0 aliphatic carbocycles. The van der Waals surface area contributed by atoms with Gasteiger partial charge in [0, 0.05) is 18.0 Å². The molecule has 0 atom stereocenters. The van der Waals surface area contributed by atoms with Crippen molar-refractivity contribution in [1.29, 1.82) is 0 Å². The van der Waals surface area contributed by atoms with Gasteiger partial charge >= 0.3 is 0 Å². The molecule has 0 radical (unpaired) electrons. The number of nitrogens with zero attached hydrogens (tertiary/aromatic N) is 2. The highest BCUT2D eigenvalue weighted by Crippen LogP contribution is 2.30. The van der Waals surface area contributed by atoms with Gasteiger partial charge < -0.3 is 10.5 Å². The molecule has 0 aliphatic rings. The summed E-state index contributed by atoms with van der Waals surface area (Å²) in [6.45, 7) is 4.72. The molecular formula is C15H17N3OS. The quantitative estimate of drug-likeness (QED) is 0.801. The Morgan fingerprint density at radius 1 is 1.35 bits per heavy atom. The lowest BCUT2D eigenvalue weighted by molar-refractivity contribution is 0.455. The minimum atomic E-state index is 0.576. The van der Waals surface area contributed by atoms with Crippen molar-refractivity contribution in [3.8, 4) is 11.6 Å². The second-order valence-electron chi connectivity index (χ2n) is 4.76. The van der Waals surface area contributed by atoms with E-state index in [1.54, 1.807) is 11.3 Å². The third kappa shape index (κ3) is 2.19. The van der Waals surface area contributed by atoms with Gasteiger partial charge in [0.2, 0.25) is 5.88 Å². The molecule has 2 N–H and O–H groups in total. The summed E-state index contributed by atoms with van der Waals surface area (Å²) in [4.78, 5) is 5.50. The largest absolute Gasteiger partial charge is 0.437 e. The zero-order valence-electron chi connectivity index (χ0n) is 11.6. The number of rotatable bonds is 4. The molecule has 2 heterocycles. The van der Waals surface area contributed by atoms with Crippen LogP contribution in [-0.4, -0.2) is 15.9 Å². The third-order valence-electron chi connectivity index (χ3n) is 3.47. The molecule has 20 heavy (non-hydrogen) atoms. The van der Waals surface area contributed by atoms with Crippen molar-refractivity contribution >= 4 is 16.3 Å². The van der Waals surface area contributed by atoms with E-state index in [1.807, 2.05) is 23.7 Å². The van der Waals surface area contributed by atoms with Gasteiger partial charge in [0.15, 0.2) is 4.96 Å². The second kappa shape index (κ2) is 5.26. The minimum Gasteiger partial charge on any atom is -0.437 e. The molecule has 0 fully saturated rings. The van der Waals surface area contributed by atoms with Crippen molar-refractivity contribution in [2.45, 2.75) is 20.3 Å². The van der Waals surface area contributed by atoms with Crippen LogP contribution in [0, 0.1) is 13.8 Å². The van der Waals surface area contributed by atoms with Crippen LogP contribution in [0.25, 0.3) is 4.96 Å². The van der Waals surface area contributed by atoms with E-state index in [4.69, 9.17) is 10.5 Å². The molecule has 2 aromatic heterocycles. The van der Waals surface area contributed by atoms with Crippen LogP contribution in [-0.2, 0) is 6.42 Å². The zero-order chi connectivity index (χ0) is 14.1. The molecule has 104 valence electrons.